The van der Waals surface area contributed by atoms with Crippen molar-refractivity contribution in [1.29, 1.82) is 0 Å². The van der Waals surface area contributed by atoms with Crippen LogP contribution in [0.4, 0.5) is 5.13 Å². The third-order valence-electron chi connectivity index (χ3n) is 2.30. The lowest BCUT2D eigenvalue weighted by molar-refractivity contribution is 0.866. The Morgan fingerprint density at radius 3 is 2.65 bits per heavy atom. The molecule has 90 valence electrons. The first kappa shape index (κ1) is 13.0. The molecule has 0 aliphatic rings. The lowest BCUT2D eigenvalue weighted by Gasteiger charge is -2.14. The van der Waals surface area contributed by atoms with E-state index in [1.807, 2.05) is 19.1 Å². The van der Waals surface area contributed by atoms with Crippen molar-refractivity contribution in [2.45, 2.75) is 19.9 Å². The number of hydrogen-bond acceptors (Lipinski definition) is 4. The molecule has 0 amide bonds. The molecule has 6 heteroatoms. The highest BCUT2D eigenvalue weighted by atomic mass is 79.9. The van der Waals surface area contributed by atoms with Gasteiger partial charge >= 0.3 is 0 Å². The third kappa shape index (κ3) is 3.26. The van der Waals surface area contributed by atoms with Gasteiger partial charge in [0.25, 0.3) is 0 Å². The smallest absolute Gasteiger partial charge is 0.206 e. The van der Waals surface area contributed by atoms with Gasteiger partial charge in [0, 0.05) is 8.95 Å². The second kappa shape index (κ2) is 5.46. The summed E-state index contributed by atoms with van der Waals surface area (Å²) in [5.74, 6) is 0. The first-order chi connectivity index (χ1) is 8.06. The molecule has 2 aromatic rings. The molecule has 0 saturated heterocycles. The van der Waals surface area contributed by atoms with E-state index in [1.165, 1.54) is 5.56 Å². The predicted octanol–water partition coefficient (Wildman–Crippen LogP) is 4.54. The fourth-order valence-electron chi connectivity index (χ4n) is 1.47. The van der Waals surface area contributed by atoms with Crippen molar-refractivity contribution < 1.29 is 0 Å². The third-order valence-corrected chi connectivity index (χ3v) is 4.24. The van der Waals surface area contributed by atoms with Gasteiger partial charge in [-0.05, 0) is 31.5 Å². The van der Waals surface area contributed by atoms with Gasteiger partial charge < -0.3 is 5.32 Å². The molecular weight excluding hydrogens is 366 g/mol. The van der Waals surface area contributed by atoms with E-state index in [2.05, 4.69) is 60.4 Å². The van der Waals surface area contributed by atoms with Gasteiger partial charge in [-0.1, -0.05) is 49.3 Å². The van der Waals surface area contributed by atoms with Crippen molar-refractivity contribution in [3.8, 4) is 0 Å². The first-order valence-electron chi connectivity index (χ1n) is 5.08. The SMILES string of the molecule is Cc1nnc(NC(C)c2ccc(Br)cc2Br)s1. The zero-order valence-electron chi connectivity index (χ0n) is 9.37. The Labute approximate surface area is 121 Å². The Balaban J connectivity index is 2.17. The summed E-state index contributed by atoms with van der Waals surface area (Å²) in [6.07, 6.45) is 0. The van der Waals surface area contributed by atoms with Crippen LogP contribution in [0, 0.1) is 6.92 Å². The van der Waals surface area contributed by atoms with Crippen LogP contribution in [0.2, 0.25) is 0 Å². The van der Waals surface area contributed by atoms with Crippen LogP contribution in [0.25, 0.3) is 0 Å². The summed E-state index contributed by atoms with van der Waals surface area (Å²) in [5.41, 5.74) is 1.20. The van der Waals surface area contributed by atoms with E-state index in [4.69, 9.17) is 0 Å². The Hall–Kier alpha value is -0.460. The van der Waals surface area contributed by atoms with Crippen LogP contribution in [0.5, 0.6) is 0 Å². The normalized spacial score (nSPS) is 12.5. The van der Waals surface area contributed by atoms with Crippen LogP contribution in [0.1, 0.15) is 23.5 Å². The minimum atomic E-state index is 0.185. The standard InChI is InChI=1S/C11H11Br2N3S/c1-6(14-11-16-15-7(2)17-11)9-4-3-8(12)5-10(9)13/h3-6H,1-2H3,(H,14,16). The summed E-state index contributed by atoms with van der Waals surface area (Å²) in [6.45, 7) is 4.05. The van der Waals surface area contributed by atoms with Gasteiger partial charge in [0.1, 0.15) is 5.01 Å². The molecule has 1 aromatic carbocycles. The number of aryl methyl sites for hydroxylation is 1. The lowest BCUT2D eigenvalue weighted by atomic mass is 10.1. The van der Waals surface area contributed by atoms with Crippen LogP contribution in [-0.2, 0) is 0 Å². The average Bonchev–Trinajstić information content (AvgIpc) is 2.63. The van der Waals surface area contributed by atoms with Crippen LogP contribution >= 0.6 is 43.2 Å². The quantitative estimate of drug-likeness (QED) is 0.854. The van der Waals surface area contributed by atoms with E-state index in [0.29, 0.717) is 0 Å². The van der Waals surface area contributed by atoms with Gasteiger partial charge in [-0.15, -0.1) is 10.2 Å². The van der Waals surface area contributed by atoms with Crippen molar-refractivity contribution in [1.82, 2.24) is 10.2 Å². The number of hydrogen-bond donors (Lipinski definition) is 1. The fourth-order valence-corrected chi connectivity index (χ4v) is 3.54. The molecule has 0 aliphatic carbocycles. The second-order valence-electron chi connectivity index (χ2n) is 3.66. The summed E-state index contributed by atoms with van der Waals surface area (Å²) in [6, 6.07) is 6.34. The van der Waals surface area contributed by atoms with E-state index < -0.39 is 0 Å². The predicted molar refractivity (Wildman–Crippen MR) is 78.5 cm³/mol. The molecule has 1 N–H and O–H groups in total. The maximum atomic E-state index is 4.06. The molecule has 1 unspecified atom stereocenters. The van der Waals surface area contributed by atoms with E-state index in [-0.39, 0.29) is 6.04 Å². The van der Waals surface area contributed by atoms with Gasteiger partial charge in [0.2, 0.25) is 5.13 Å². The number of benzene rings is 1. The zero-order valence-corrected chi connectivity index (χ0v) is 13.4. The Morgan fingerprint density at radius 2 is 2.06 bits per heavy atom. The van der Waals surface area contributed by atoms with Gasteiger partial charge in [-0.2, -0.15) is 0 Å². The van der Waals surface area contributed by atoms with Crippen molar-refractivity contribution in [3.63, 3.8) is 0 Å². The van der Waals surface area contributed by atoms with Crippen LogP contribution in [0.15, 0.2) is 27.1 Å². The van der Waals surface area contributed by atoms with Crippen molar-refractivity contribution in [2.75, 3.05) is 5.32 Å². The van der Waals surface area contributed by atoms with Crippen LogP contribution in [-0.4, -0.2) is 10.2 Å². The van der Waals surface area contributed by atoms with E-state index >= 15 is 0 Å². The molecular formula is C11H11Br2N3S. The highest BCUT2D eigenvalue weighted by Gasteiger charge is 2.11. The van der Waals surface area contributed by atoms with Crippen LogP contribution < -0.4 is 5.32 Å². The fraction of sp³-hybridized carbons (Fsp3) is 0.273. The molecule has 17 heavy (non-hydrogen) atoms. The van der Waals surface area contributed by atoms with Crippen molar-refractivity contribution in [3.05, 3.63) is 37.7 Å². The highest BCUT2D eigenvalue weighted by molar-refractivity contribution is 9.11. The maximum absolute atomic E-state index is 4.06. The van der Waals surface area contributed by atoms with Crippen molar-refractivity contribution >= 4 is 48.3 Å². The van der Waals surface area contributed by atoms with E-state index in [9.17, 15) is 0 Å². The van der Waals surface area contributed by atoms with Gasteiger partial charge in [-0.3, -0.25) is 0 Å². The Bertz CT molecular complexity index is 527. The summed E-state index contributed by atoms with van der Waals surface area (Å²) in [5, 5.41) is 13.2. The summed E-state index contributed by atoms with van der Waals surface area (Å²) >= 11 is 8.57. The lowest BCUT2D eigenvalue weighted by Crippen LogP contribution is -2.07. The summed E-state index contributed by atoms with van der Waals surface area (Å²) < 4.78 is 2.14. The van der Waals surface area contributed by atoms with Crippen LogP contribution in [0.3, 0.4) is 0 Å². The van der Waals surface area contributed by atoms with Gasteiger partial charge in [0.15, 0.2) is 0 Å². The molecule has 0 fully saturated rings. The minimum Gasteiger partial charge on any atom is -0.354 e. The van der Waals surface area contributed by atoms with Gasteiger partial charge in [0.05, 0.1) is 6.04 Å². The van der Waals surface area contributed by atoms with Crippen molar-refractivity contribution in [2.24, 2.45) is 0 Å². The molecule has 1 aromatic heterocycles. The minimum absolute atomic E-state index is 0.185. The molecule has 0 bridgehead atoms. The topological polar surface area (TPSA) is 37.8 Å². The molecule has 0 aliphatic heterocycles. The Morgan fingerprint density at radius 1 is 1.29 bits per heavy atom. The number of nitrogens with zero attached hydrogens (tertiary/aromatic N) is 2. The number of anilines is 1. The summed E-state index contributed by atoms with van der Waals surface area (Å²) in [7, 11) is 0. The first-order valence-corrected chi connectivity index (χ1v) is 7.48. The average molecular weight is 377 g/mol. The monoisotopic (exact) mass is 375 g/mol. The Kier molecular flexibility index (Phi) is 4.17. The molecule has 1 atom stereocenters. The highest BCUT2D eigenvalue weighted by Crippen LogP contribution is 2.29. The number of halogens is 2. The molecule has 0 radical (unpaired) electrons. The maximum Gasteiger partial charge on any atom is 0.206 e. The zero-order chi connectivity index (χ0) is 12.4. The molecule has 0 saturated carbocycles. The largest absolute Gasteiger partial charge is 0.354 e. The molecule has 0 spiro atoms. The number of aromatic nitrogens is 2. The second-order valence-corrected chi connectivity index (χ2v) is 6.61. The number of nitrogens with one attached hydrogen (secondary N) is 1. The molecule has 1 heterocycles. The van der Waals surface area contributed by atoms with E-state index in [1.54, 1.807) is 11.3 Å². The molecule has 3 nitrogen and oxygen atoms in total. The van der Waals surface area contributed by atoms with E-state index in [0.717, 1.165) is 19.1 Å². The number of rotatable bonds is 3. The van der Waals surface area contributed by atoms with Gasteiger partial charge in [-0.25, -0.2) is 0 Å². The molecule has 2 rings (SSSR count). The summed E-state index contributed by atoms with van der Waals surface area (Å²) in [4.78, 5) is 0.